The van der Waals surface area contributed by atoms with Gasteiger partial charge in [-0.1, -0.05) is 12.8 Å². The van der Waals surface area contributed by atoms with Gasteiger partial charge in [0.2, 0.25) is 0 Å². The van der Waals surface area contributed by atoms with Crippen LogP contribution in [-0.2, 0) is 20.0 Å². The molecule has 4 nitrogen and oxygen atoms in total. The molecule has 0 aromatic carbocycles. The molecule has 5 heteroatoms. The van der Waals surface area contributed by atoms with Crippen molar-refractivity contribution in [3.63, 3.8) is 0 Å². The van der Waals surface area contributed by atoms with E-state index in [4.69, 9.17) is 0 Å². The molecule has 0 amide bonds. The van der Waals surface area contributed by atoms with Crippen molar-refractivity contribution in [3.8, 4) is 11.5 Å². The van der Waals surface area contributed by atoms with Crippen molar-refractivity contribution in [2.24, 2.45) is 7.05 Å². The first kappa shape index (κ1) is 12.0. The quantitative estimate of drug-likeness (QED) is 0.811. The van der Waals surface area contributed by atoms with Gasteiger partial charge in [0.15, 0.2) is 5.82 Å². The maximum absolute atomic E-state index is 4.40. The molecule has 0 fully saturated rings. The van der Waals surface area contributed by atoms with Gasteiger partial charge in [0, 0.05) is 30.7 Å². The van der Waals surface area contributed by atoms with E-state index >= 15 is 0 Å². The monoisotopic (exact) mass is 308 g/mol. The number of aryl methyl sites for hydroxylation is 2. The summed E-state index contributed by atoms with van der Waals surface area (Å²) in [7, 11) is 2.05. The lowest BCUT2D eigenvalue weighted by Gasteiger charge is -2.13. The molecule has 2 aromatic heterocycles. The molecule has 0 radical (unpaired) electrons. The van der Waals surface area contributed by atoms with Crippen LogP contribution in [0.2, 0.25) is 0 Å². The first-order valence-corrected chi connectivity index (χ1v) is 7.29. The first-order valence-electron chi connectivity index (χ1n) is 6.50. The standard InChI is InChI=1S/C13H17BrN4/c1-17-9-10(14)8-11(17)13-16-15-12-6-4-2-3-5-7-18(12)13/h8-9H,2-7H2,1H3. The van der Waals surface area contributed by atoms with Crippen LogP contribution in [0.1, 0.15) is 31.5 Å². The zero-order valence-electron chi connectivity index (χ0n) is 10.6. The van der Waals surface area contributed by atoms with Gasteiger partial charge in [0.25, 0.3) is 0 Å². The van der Waals surface area contributed by atoms with Crippen molar-refractivity contribution in [2.75, 3.05) is 0 Å². The molecule has 2 aromatic rings. The summed E-state index contributed by atoms with van der Waals surface area (Å²) < 4.78 is 5.48. The van der Waals surface area contributed by atoms with E-state index in [9.17, 15) is 0 Å². The Bertz CT molecular complexity index is 555. The van der Waals surface area contributed by atoms with Crippen LogP contribution in [0.3, 0.4) is 0 Å². The Morgan fingerprint density at radius 2 is 2.00 bits per heavy atom. The van der Waals surface area contributed by atoms with E-state index in [1.54, 1.807) is 0 Å². The predicted octanol–water partition coefficient (Wildman–Crippen LogP) is 3.16. The number of hydrogen-bond acceptors (Lipinski definition) is 2. The molecule has 0 unspecified atom stereocenters. The molecule has 0 saturated carbocycles. The lowest BCUT2D eigenvalue weighted by Crippen LogP contribution is -2.09. The summed E-state index contributed by atoms with van der Waals surface area (Å²) in [5.74, 6) is 2.14. The highest BCUT2D eigenvalue weighted by atomic mass is 79.9. The van der Waals surface area contributed by atoms with Gasteiger partial charge in [-0.2, -0.15) is 0 Å². The van der Waals surface area contributed by atoms with Gasteiger partial charge in [-0.25, -0.2) is 0 Å². The lowest BCUT2D eigenvalue weighted by atomic mass is 10.1. The molecule has 1 aliphatic rings. The molecule has 0 atom stereocenters. The van der Waals surface area contributed by atoms with Crippen molar-refractivity contribution in [2.45, 2.75) is 38.6 Å². The summed E-state index contributed by atoms with van der Waals surface area (Å²) in [5.41, 5.74) is 1.13. The maximum atomic E-state index is 4.40. The summed E-state index contributed by atoms with van der Waals surface area (Å²) in [6.45, 7) is 1.04. The maximum Gasteiger partial charge on any atom is 0.180 e. The highest BCUT2D eigenvalue weighted by Gasteiger charge is 2.17. The van der Waals surface area contributed by atoms with E-state index in [1.807, 2.05) is 7.05 Å². The van der Waals surface area contributed by atoms with Gasteiger partial charge < -0.3 is 9.13 Å². The Morgan fingerprint density at radius 3 is 2.78 bits per heavy atom. The molecular formula is C13H17BrN4. The second kappa shape index (κ2) is 4.88. The van der Waals surface area contributed by atoms with Gasteiger partial charge in [-0.15, -0.1) is 10.2 Å². The van der Waals surface area contributed by atoms with E-state index in [1.165, 1.54) is 25.7 Å². The smallest absolute Gasteiger partial charge is 0.180 e. The van der Waals surface area contributed by atoms with Crippen LogP contribution in [0.25, 0.3) is 11.5 Å². The number of rotatable bonds is 1. The van der Waals surface area contributed by atoms with E-state index in [2.05, 4.69) is 47.5 Å². The third-order valence-corrected chi connectivity index (χ3v) is 3.99. The van der Waals surface area contributed by atoms with Crippen LogP contribution in [0, 0.1) is 0 Å². The molecule has 0 spiro atoms. The molecule has 1 aliphatic heterocycles. The molecule has 0 N–H and O–H groups in total. The molecule has 18 heavy (non-hydrogen) atoms. The normalized spacial score (nSPS) is 16.1. The number of fused-ring (bicyclic) bond motifs is 1. The number of halogens is 1. The van der Waals surface area contributed by atoms with Crippen LogP contribution >= 0.6 is 15.9 Å². The van der Waals surface area contributed by atoms with Crippen LogP contribution in [0.15, 0.2) is 16.7 Å². The topological polar surface area (TPSA) is 35.6 Å². The van der Waals surface area contributed by atoms with Crippen LogP contribution < -0.4 is 0 Å². The fourth-order valence-corrected chi connectivity index (χ4v) is 3.12. The largest absolute Gasteiger partial charge is 0.347 e. The number of hydrogen-bond donors (Lipinski definition) is 0. The Balaban J connectivity index is 2.05. The molecular weight excluding hydrogens is 292 g/mol. The zero-order valence-corrected chi connectivity index (χ0v) is 12.2. The minimum Gasteiger partial charge on any atom is -0.347 e. The average molecular weight is 309 g/mol. The van der Waals surface area contributed by atoms with E-state index in [0.29, 0.717) is 0 Å². The summed E-state index contributed by atoms with van der Waals surface area (Å²) >= 11 is 3.51. The van der Waals surface area contributed by atoms with Gasteiger partial charge in [-0.3, -0.25) is 0 Å². The Morgan fingerprint density at radius 1 is 1.17 bits per heavy atom. The number of nitrogens with zero attached hydrogens (tertiary/aromatic N) is 4. The van der Waals surface area contributed by atoms with Gasteiger partial charge in [0.05, 0.1) is 5.69 Å². The SMILES string of the molecule is Cn1cc(Br)cc1-c1nnc2n1CCCCCC2. The minimum atomic E-state index is 1.00. The first-order chi connectivity index (χ1) is 8.75. The summed E-state index contributed by atoms with van der Waals surface area (Å²) in [4.78, 5) is 0. The van der Waals surface area contributed by atoms with Gasteiger partial charge in [-0.05, 0) is 34.8 Å². The molecule has 96 valence electrons. The fraction of sp³-hybridized carbons (Fsp3) is 0.538. The second-order valence-corrected chi connectivity index (χ2v) is 5.83. The molecule has 0 bridgehead atoms. The third kappa shape index (κ3) is 2.11. The highest BCUT2D eigenvalue weighted by Crippen LogP contribution is 2.25. The van der Waals surface area contributed by atoms with Crippen molar-refractivity contribution < 1.29 is 0 Å². The van der Waals surface area contributed by atoms with Crippen molar-refractivity contribution in [1.29, 1.82) is 0 Å². The third-order valence-electron chi connectivity index (χ3n) is 3.56. The summed E-state index contributed by atoms with van der Waals surface area (Å²) in [5, 5.41) is 8.77. The van der Waals surface area contributed by atoms with E-state index < -0.39 is 0 Å². The van der Waals surface area contributed by atoms with E-state index in [0.717, 1.165) is 34.8 Å². The second-order valence-electron chi connectivity index (χ2n) is 4.91. The van der Waals surface area contributed by atoms with Gasteiger partial charge in [0.1, 0.15) is 5.82 Å². The van der Waals surface area contributed by atoms with Crippen LogP contribution in [0.4, 0.5) is 0 Å². The van der Waals surface area contributed by atoms with Crippen LogP contribution in [0.5, 0.6) is 0 Å². The lowest BCUT2D eigenvalue weighted by molar-refractivity contribution is 0.518. The van der Waals surface area contributed by atoms with E-state index in [-0.39, 0.29) is 0 Å². The van der Waals surface area contributed by atoms with Crippen molar-refractivity contribution in [3.05, 3.63) is 22.6 Å². The number of aromatic nitrogens is 4. The Hall–Kier alpha value is -1.10. The minimum absolute atomic E-state index is 1.00. The van der Waals surface area contributed by atoms with Crippen molar-refractivity contribution in [1.82, 2.24) is 19.3 Å². The Labute approximate surface area is 115 Å². The predicted molar refractivity (Wildman–Crippen MR) is 74.3 cm³/mol. The Kier molecular flexibility index (Phi) is 3.24. The summed E-state index contributed by atoms with van der Waals surface area (Å²) in [6.07, 6.45) is 8.20. The molecule has 0 aliphatic carbocycles. The molecule has 0 saturated heterocycles. The summed E-state index contributed by atoms with van der Waals surface area (Å²) in [6, 6.07) is 2.11. The van der Waals surface area contributed by atoms with Crippen molar-refractivity contribution >= 4 is 15.9 Å². The molecule has 3 rings (SSSR count). The van der Waals surface area contributed by atoms with Crippen LogP contribution in [-0.4, -0.2) is 19.3 Å². The van der Waals surface area contributed by atoms with Gasteiger partial charge >= 0.3 is 0 Å². The highest BCUT2D eigenvalue weighted by molar-refractivity contribution is 9.10. The fourth-order valence-electron chi connectivity index (χ4n) is 2.60. The molecule has 3 heterocycles. The average Bonchev–Trinajstić information content (AvgIpc) is 2.82. The zero-order chi connectivity index (χ0) is 12.5.